The Morgan fingerprint density at radius 2 is 1.56 bits per heavy atom. The van der Waals surface area contributed by atoms with Gasteiger partial charge in [0.25, 0.3) is 11.8 Å². The van der Waals surface area contributed by atoms with Crippen LogP contribution in [0, 0.1) is 23.0 Å². The van der Waals surface area contributed by atoms with Crippen LogP contribution in [0.25, 0.3) is 11.1 Å². The van der Waals surface area contributed by atoms with Gasteiger partial charge in [-0.15, -0.1) is 0 Å². The Morgan fingerprint density at radius 3 is 2.19 bits per heavy atom. The maximum atomic E-state index is 15.2. The fourth-order valence-corrected chi connectivity index (χ4v) is 6.70. The second-order valence-electron chi connectivity index (χ2n) is 15.1. The van der Waals surface area contributed by atoms with Crippen molar-refractivity contribution in [1.29, 1.82) is 0 Å². The summed E-state index contributed by atoms with van der Waals surface area (Å²) in [4.78, 5) is 89.7. The number of rotatable bonds is 20. The molecule has 7 amide bonds. The van der Waals surface area contributed by atoms with Crippen molar-refractivity contribution in [2.75, 3.05) is 39.3 Å². The van der Waals surface area contributed by atoms with E-state index in [0.717, 1.165) is 40.8 Å². The SMILES string of the molecule is CC(C)(C)[C@H](c1cc(-c2cc(F)ccc2F)cn1Cc1ccccc1)N(CC[C@H](CNC(=O)[C@@H](N)CC(N)=O)C(=O)NCCNC(=O)CN1C(=O)C=CC1=O)C(=O)CO. The molecule has 2 aromatic carbocycles. The van der Waals surface area contributed by atoms with Crippen LogP contribution in [0.4, 0.5) is 8.78 Å². The number of benzene rings is 2. The zero-order valence-corrected chi connectivity index (χ0v) is 33.1. The van der Waals surface area contributed by atoms with Gasteiger partial charge in [0.05, 0.1) is 24.4 Å². The molecule has 0 spiro atoms. The molecular weight excluding hydrogens is 770 g/mol. The van der Waals surface area contributed by atoms with Gasteiger partial charge in [0.15, 0.2) is 0 Å². The molecule has 59 heavy (non-hydrogen) atoms. The molecule has 3 atom stereocenters. The molecule has 1 aliphatic rings. The Kier molecular flexibility index (Phi) is 15.7. The highest BCUT2D eigenvalue weighted by atomic mass is 19.1. The molecule has 4 rings (SSSR count). The number of imide groups is 1. The van der Waals surface area contributed by atoms with Crippen LogP contribution in [0.3, 0.4) is 0 Å². The topological polar surface area (TPSA) is 239 Å². The van der Waals surface area contributed by atoms with Crippen LogP contribution in [-0.4, -0.2) is 106 Å². The monoisotopic (exact) mass is 820 g/mol. The summed E-state index contributed by atoms with van der Waals surface area (Å²) in [6.45, 7) is 3.80. The van der Waals surface area contributed by atoms with Gasteiger partial charge < -0.3 is 42.0 Å². The summed E-state index contributed by atoms with van der Waals surface area (Å²) in [5.74, 6) is -7.14. The Balaban J connectivity index is 1.62. The third kappa shape index (κ3) is 12.6. The first-order chi connectivity index (χ1) is 27.9. The molecule has 0 fully saturated rings. The molecule has 0 saturated carbocycles. The molecule has 0 aliphatic carbocycles. The number of carbonyl (C=O) groups excluding carboxylic acids is 7. The standard InChI is InChI=1S/C41H50F2N8O8/c1-41(2,3)38(32-17-27(29-18-28(42)9-10-30(29)43)22-49(32)21-25-7-5-4-6-8-25)50(37(57)24-52)16-13-26(20-48-40(59)31(44)19-33(45)53)39(58)47-15-14-46-34(54)23-51-35(55)11-12-36(51)56/h4-12,17-18,22,26,31,38,52H,13-16,19-21,23-24,44H2,1-3H3,(H2,45,53)(H,46,54)(H,47,58)(H,48,59)/t26-,31+,38+/m1/s1. The van der Waals surface area contributed by atoms with Gasteiger partial charge in [-0.25, -0.2) is 8.78 Å². The van der Waals surface area contributed by atoms with Crippen molar-refractivity contribution in [3.8, 4) is 11.1 Å². The van der Waals surface area contributed by atoms with Crippen LogP contribution < -0.4 is 27.4 Å². The molecule has 1 aliphatic heterocycles. The highest BCUT2D eigenvalue weighted by molar-refractivity contribution is 6.14. The number of hydrogen-bond acceptors (Lipinski definition) is 9. The lowest BCUT2D eigenvalue weighted by Gasteiger charge is -2.41. The number of primary amides is 1. The highest BCUT2D eigenvalue weighted by Gasteiger charge is 2.38. The number of nitrogens with zero attached hydrogens (tertiary/aromatic N) is 3. The van der Waals surface area contributed by atoms with Crippen molar-refractivity contribution in [2.24, 2.45) is 22.8 Å². The molecule has 0 radical (unpaired) electrons. The van der Waals surface area contributed by atoms with E-state index in [-0.39, 0.29) is 44.7 Å². The average molecular weight is 821 g/mol. The minimum absolute atomic E-state index is 0.000929. The second kappa shape index (κ2) is 20.4. The van der Waals surface area contributed by atoms with Crippen molar-refractivity contribution in [1.82, 2.24) is 30.3 Å². The maximum Gasteiger partial charge on any atom is 0.254 e. The molecule has 0 saturated heterocycles. The molecule has 16 nitrogen and oxygen atoms in total. The number of halogens is 2. The molecule has 8 N–H and O–H groups in total. The summed E-state index contributed by atoms with van der Waals surface area (Å²) >= 11 is 0. The van der Waals surface area contributed by atoms with Gasteiger partial charge in [0.2, 0.25) is 29.5 Å². The van der Waals surface area contributed by atoms with Gasteiger partial charge in [0.1, 0.15) is 24.8 Å². The van der Waals surface area contributed by atoms with E-state index < -0.39 is 96.0 Å². The molecule has 316 valence electrons. The summed E-state index contributed by atoms with van der Waals surface area (Å²) in [6.07, 6.45) is 3.21. The van der Waals surface area contributed by atoms with E-state index >= 15 is 4.39 Å². The lowest BCUT2D eigenvalue weighted by Crippen LogP contribution is -2.49. The first-order valence-corrected chi connectivity index (χ1v) is 18.9. The van der Waals surface area contributed by atoms with Crippen LogP contribution in [0.1, 0.15) is 50.9 Å². The van der Waals surface area contributed by atoms with Crippen LogP contribution in [0.5, 0.6) is 0 Å². The lowest BCUT2D eigenvalue weighted by molar-refractivity contribution is -0.141. The fourth-order valence-electron chi connectivity index (χ4n) is 6.70. The first-order valence-electron chi connectivity index (χ1n) is 18.9. The number of amides is 7. The maximum absolute atomic E-state index is 15.2. The largest absolute Gasteiger partial charge is 0.387 e. The summed E-state index contributed by atoms with van der Waals surface area (Å²) in [6, 6.07) is 12.0. The third-order valence-corrected chi connectivity index (χ3v) is 9.55. The van der Waals surface area contributed by atoms with Crippen molar-refractivity contribution >= 4 is 41.4 Å². The molecule has 2 heterocycles. The summed E-state index contributed by atoms with van der Waals surface area (Å²) in [5.41, 5.74) is 12.0. The zero-order valence-electron chi connectivity index (χ0n) is 33.1. The molecule has 1 aromatic heterocycles. The average Bonchev–Trinajstić information content (AvgIpc) is 3.73. The molecule has 3 aromatic rings. The van der Waals surface area contributed by atoms with E-state index in [0.29, 0.717) is 11.3 Å². The fraction of sp³-hybridized carbons (Fsp3) is 0.390. The highest BCUT2D eigenvalue weighted by Crippen LogP contribution is 2.41. The van der Waals surface area contributed by atoms with E-state index in [9.17, 15) is 43.1 Å². The first kappa shape index (κ1) is 45.4. The van der Waals surface area contributed by atoms with Crippen LogP contribution in [0.2, 0.25) is 0 Å². The lowest BCUT2D eigenvalue weighted by atomic mass is 9.82. The van der Waals surface area contributed by atoms with Crippen molar-refractivity contribution in [3.63, 3.8) is 0 Å². The van der Waals surface area contributed by atoms with E-state index in [1.807, 2.05) is 55.7 Å². The predicted octanol–water partition coefficient (Wildman–Crippen LogP) is 0.872. The third-order valence-electron chi connectivity index (χ3n) is 9.55. The van der Waals surface area contributed by atoms with Gasteiger partial charge in [-0.3, -0.25) is 38.5 Å². The van der Waals surface area contributed by atoms with Crippen molar-refractivity contribution < 1.29 is 47.4 Å². The predicted molar refractivity (Wildman–Crippen MR) is 211 cm³/mol. The van der Waals surface area contributed by atoms with Gasteiger partial charge in [-0.1, -0.05) is 51.1 Å². The number of aliphatic hydroxyl groups is 1. The number of hydrogen-bond donors (Lipinski definition) is 6. The molecule has 0 bridgehead atoms. The molecule has 0 unspecified atom stereocenters. The Morgan fingerprint density at radius 1 is 0.898 bits per heavy atom. The quantitative estimate of drug-likeness (QED) is 0.0700. The van der Waals surface area contributed by atoms with Gasteiger partial charge in [-0.2, -0.15) is 0 Å². The van der Waals surface area contributed by atoms with Gasteiger partial charge >= 0.3 is 0 Å². The van der Waals surface area contributed by atoms with E-state index in [1.54, 1.807) is 12.3 Å². The van der Waals surface area contributed by atoms with Gasteiger partial charge in [-0.05, 0) is 41.7 Å². The van der Waals surface area contributed by atoms with Crippen LogP contribution >= 0.6 is 0 Å². The number of nitrogens with one attached hydrogen (secondary N) is 3. The number of nitrogens with two attached hydrogens (primary N) is 2. The Bertz CT molecular complexity index is 2050. The number of aromatic nitrogens is 1. The number of aliphatic hydroxyl groups excluding tert-OH is 1. The minimum atomic E-state index is -1.30. The van der Waals surface area contributed by atoms with E-state index in [4.69, 9.17) is 11.5 Å². The van der Waals surface area contributed by atoms with Crippen LogP contribution in [0.15, 0.2) is 72.9 Å². The second-order valence-corrected chi connectivity index (χ2v) is 15.1. The van der Waals surface area contributed by atoms with E-state index in [1.165, 1.54) is 4.90 Å². The van der Waals surface area contributed by atoms with Crippen molar-refractivity contribution in [2.45, 2.75) is 52.2 Å². The summed E-state index contributed by atoms with van der Waals surface area (Å²) < 4.78 is 31.4. The zero-order chi connectivity index (χ0) is 43.4. The Labute approximate surface area is 339 Å². The van der Waals surface area contributed by atoms with Crippen molar-refractivity contribution in [3.05, 3.63) is 95.8 Å². The number of carbonyl (C=O) groups is 7. The molecule has 18 heteroatoms. The minimum Gasteiger partial charge on any atom is -0.387 e. The summed E-state index contributed by atoms with van der Waals surface area (Å²) in [7, 11) is 0. The van der Waals surface area contributed by atoms with Gasteiger partial charge in [0, 0.05) is 67.9 Å². The van der Waals surface area contributed by atoms with E-state index in [2.05, 4.69) is 16.0 Å². The normalized spacial score (nSPS) is 14.1. The van der Waals surface area contributed by atoms with Crippen LogP contribution in [-0.2, 0) is 40.1 Å². The molecular formula is C41H50F2N8O8. The Hall–Kier alpha value is -6.27. The summed E-state index contributed by atoms with van der Waals surface area (Å²) in [5, 5.41) is 18.0. The smallest absolute Gasteiger partial charge is 0.254 e.